The zero-order valence-corrected chi connectivity index (χ0v) is 15.4. The van der Waals surface area contributed by atoms with Crippen LogP contribution in [0.25, 0.3) is 0 Å². The topological polar surface area (TPSA) is 82.2 Å². The number of rotatable bonds is 3. The van der Waals surface area contributed by atoms with Crippen LogP contribution in [0, 0.1) is 19.7 Å². The summed E-state index contributed by atoms with van der Waals surface area (Å²) < 4.78 is 13.7. The number of aliphatic imine (C=N–C) groups is 1. The standard InChI is InChI=1S/C19H17ClFN5O/c1-11-7-15(21)10-16(8-11)22-19(23-17-9-12(2)25-26-17)24-18(27)13-3-5-14(20)6-4-13/h3-10H,1-2H3,(H3,22,23,24,25,26,27). The SMILES string of the molecule is Cc1cc(F)cc(N/C(=N/C(=O)c2ccc(Cl)cc2)Nc2cc(C)[nH]n2)c1. The van der Waals surface area contributed by atoms with Crippen molar-refractivity contribution in [3.8, 4) is 0 Å². The minimum absolute atomic E-state index is 0.117. The van der Waals surface area contributed by atoms with Crippen LogP contribution < -0.4 is 10.6 Å². The number of anilines is 2. The van der Waals surface area contributed by atoms with Crippen LogP contribution in [0.15, 0.2) is 53.5 Å². The molecular formula is C19H17ClFN5O. The van der Waals surface area contributed by atoms with E-state index < -0.39 is 11.7 Å². The number of H-pyrrole nitrogens is 1. The fourth-order valence-corrected chi connectivity index (χ4v) is 2.52. The van der Waals surface area contributed by atoms with Gasteiger partial charge in [-0.3, -0.25) is 9.89 Å². The molecule has 1 amide bonds. The number of nitrogens with one attached hydrogen (secondary N) is 3. The molecule has 0 radical (unpaired) electrons. The van der Waals surface area contributed by atoms with Gasteiger partial charge in [0.05, 0.1) is 0 Å². The van der Waals surface area contributed by atoms with Gasteiger partial charge in [0.1, 0.15) is 5.82 Å². The number of nitrogens with zero attached hydrogens (tertiary/aromatic N) is 2. The van der Waals surface area contributed by atoms with Crippen LogP contribution in [0.4, 0.5) is 15.9 Å². The number of aromatic amines is 1. The van der Waals surface area contributed by atoms with Crippen molar-refractivity contribution in [1.82, 2.24) is 10.2 Å². The molecule has 3 aromatic rings. The molecule has 6 nitrogen and oxygen atoms in total. The molecule has 0 spiro atoms. The van der Waals surface area contributed by atoms with E-state index in [1.54, 1.807) is 43.3 Å². The minimum Gasteiger partial charge on any atom is -0.326 e. The molecule has 27 heavy (non-hydrogen) atoms. The van der Waals surface area contributed by atoms with Gasteiger partial charge in [-0.1, -0.05) is 11.6 Å². The zero-order chi connectivity index (χ0) is 19.4. The Bertz CT molecular complexity index is 977. The Hall–Kier alpha value is -3.19. The summed E-state index contributed by atoms with van der Waals surface area (Å²) in [6, 6.07) is 12.6. The van der Waals surface area contributed by atoms with E-state index in [1.165, 1.54) is 12.1 Å². The van der Waals surface area contributed by atoms with Crippen LogP contribution in [0.1, 0.15) is 21.6 Å². The minimum atomic E-state index is -0.484. The van der Waals surface area contributed by atoms with Gasteiger partial charge in [0.25, 0.3) is 5.91 Å². The Kier molecular flexibility index (Phi) is 5.52. The molecule has 0 aliphatic rings. The summed E-state index contributed by atoms with van der Waals surface area (Å²) in [6.07, 6.45) is 0. The quantitative estimate of drug-likeness (QED) is 0.456. The molecule has 0 aliphatic carbocycles. The first-order chi connectivity index (χ1) is 12.9. The molecule has 1 heterocycles. The molecule has 0 aliphatic heterocycles. The van der Waals surface area contributed by atoms with Crippen LogP contribution >= 0.6 is 11.6 Å². The largest absolute Gasteiger partial charge is 0.326 e. The summed E-state index contributed by atoms with van der Waals surface area (Å²) in [6.45, 7) is 3.62. The Morgan fingerprint density at radius 1 is 1.11 bits per heavy atom. The fourth-order valence-electron chi connectivity index (χ4n) is 2.39. The Labute approximate surface area is 160 Å². The van der Waals surface area contributed by atoms with Gasteiger partial charge < -0.3 is 10.6 Å². The number of carbonyl (C=O) groups is 1. The third-order valence-corrected chi connectivity index (χ3v) is 3.81. The number of hydrogen-bond donors (Lipinski definition) is 3. The molecule has 3 rings (SSSR count). The monoisotopic (exact) mass is 385 g/mol. The molecule has 0 saturated carbocycles. The van der Waals surface area contributed by atoms with E-state index in [1.807, 2.05) is 6.92 Å². The predicted octanol–water partition coefficient (Wildman–Crippen LogP) is 4.54. The van der Waals surface area contributed by atoms with Crippen molar-refractivity contribution in [3.05, 3.63) is 76.2 Å². The smallest absolute Gasteiger partial charge is 0.280 e. The highest BCUT2D eigenvalue weighted by Crippen LogP contribution is 2.15. The molecule has 1 aromatic heterocycles. The molecule has 0 fully saturated rings. The predicted molar refractivity (Wildman–Crippen MR) is 105 cm³/mol. The average Bonchev–Trinajstić information content (AvgIpc) is 2.99. The van der Waals surface area contributed by atoms with E-state index >= 15 is 0 Å². The first-order valence-electron chi connectivity index (χ1n) is 8.11. The lowest BCUT2D eigenvalue weighted by molar-refractivity contribution is 0.100. The second kappa shape index (κ2) is 8.01. The van der Waals surface area contributed by atoms with Crippen LogP contribution in [0.5, 0.6) is 0 Å². The fraction of sp³-hybridized carbons (Fsp3) is 0.105. The second-order valence-corrected chi connectivity index (χ2v) is 6.41. The van der Waals surface area contributed by atoms with Crippen molar-refractivity contribution in [1.29, 1.82) is 0 Å². The molecule has 0 atom stereocenters. The maximum Gasteiger partial charge on any atom is 0.280 e. The third-order valence-electron chi connectivity index (χ3n) is 3.56. The first-order valence-corrected chi connectivity index (χ1v) is 8.49. The van der Waals surface area contributed by atoms with Crippen molar-refractivity contribution >= 4 is 35.0 Å². The highest BCUT2D eigenvalue weighted by Gasteiger charge is 2.10. The summed E-state index contributed by atoms with van der Waals surface area (Å²) >= 11 is 5.85. The Morgan fingerprint density at radius 3 is 2.48 bits per heavy atom. The number of aromatic nitrogens is 2. The summed E-state index contributed by atoms with van der Waals surface area (Å²) in [7, 11) is 0. The summed E-state index contributed by atoms with van der Waals surface area (Å²) in [5, 5.41) is 13.2. The number of benzene rings is 2. The molecule has 8 heteroatoms. The normalized spacial score (nSPS) is 11.3. The second-order valence-electron chi connectivity index (χ2n) is 5.98. The number of aryl methyl sites for hydroxylation is 2. The van der Waals surface area contributed by atoms with E-state index in [0.29, 0.717) is 22.1 Å². The maximum absolute atomic E-state index is 13.7. The lowest BCUT2D eigenvalue weighted by Crippen LogP contribution is -2.24. The van der Waals surface area contributed by atoms with Crippen LogP contribution in [0.3, 0.4) is 0 Å². The summed E-state index contributed by atoms with van der Waals surface area (Å²) in [5.41, 5.74) is 2.39. The van der Waals surface area contributed by atoms with Crippen molar-refractivity contribution in [2.24, 2.45) is 4.99 Å². The van der Waals surface area contributed by atoms with Gasteiger partial charge in [0, 0.05) is 28.0 Å². The number of halogens is 2. The maximum atomic E-state index is 13.7. The lowest BCUT2D eigenvalue weighted by atomic mass is 10.2. The lowest BCUT2D eigenvalue weighted by Gasteiger charge is -2.11. The van der Waals surface area contributed by atoms with Crippen molar-refractivity contribution in [2.45, 2.75) is 13.8 Å². The van der Waals surface area contributed by atoms with Crippen LogP contribution in [-0.2, 0) is 0 Å². The van der Waals surface area contributed by atoms with Gasteiger partial charge in [0.2, 0.25) is 5.96 Å². The van der Waals surface area contributed by atoms with Crippen LogP contribution in [0.2, 0.25) is 5.02 Å². The van der Waals surface area contributed by atoms with Crippen LogP contribution in [-0.4, -0.2) is 22.1 Å². The van der Waals surface area contributed by atoms with Crippen molar-refractivity contribution in [2.75, 3.05) is 10.6 Å². The number of guanidine groups is 1. The van der Waals surface area contributed by atoms with E-state index in [4.69, 9.17) is 11.6 Å². The van der Waals surface area contributed by atoms with Gasteiger partial charge in [-0.15, -0.1) is 0 Å². The molecule has 138 valence electrons. The molecule has 3 N–H and O–H groups in total. The highest BCUT2D eigenvalue weighted by molar-refractivity contribution is 6.30. The van der Waals surface area contributed by atoms with Gasteiger partial charge >= 0.3 is 0 Å². The van der Waals surface area contributed by atoms with Gasteiger partial charge in [-0.2, -0.15) is 10.1 Å². The molecule has 0 bridgehead atoms. The van der Waals surface area contributed by atoms with Gasteiger partial charge in [-0.05, 0) is 61.9 Å². The van der Waals surface area contributed by atoms with Crippen molar-refractivity contribution in [3.63, 3.8) is 0 Å². The number of amides is 1. The number of carbonyl (C=O) groups excluding carboxylic acids is 1. The summed E-state index contributed by atoms with van der Waals surface area (Å²) in [5.74, 6) is -0.291. The Balaban J connectivity index is 1.90. The summed E-state index contributed by atoms with van der Waals surface area (Å²) in [4.78, 5) is 16.5. The zero-order valence-electron chi connectivity index (χ0n) is 14.7. The number of hydrogen-bond acceptors (Lipinski definition) is 2. The van der Waals surface area contributed by atoms with Gasteiger partial charge in [0.15, 0.2) is 5.82 Å². The van der Waals surface area contributed by atoms with Crippen molar-refractivity contribution < 1.29 is 9.18 Å². The van der Waals surface area contributed by atoms with E-state index in [9.17, 15) is 9.18 Å². The molecule has 0 saturated heterocycles. The average molecular weight is 386 g/mol. The third kappa shape index (κ3) is 5.15. The van der Waals surface area contributed by atoms with E-state index in [2.05, 4.69) is 25.8 Å². The van der Waals surface area contributed by atoms with E-state index in [-0.39, 0.29) is 5.96 Å². The van der Waals surface area contributed by atoms with Gasteiger partial charge in [-0.25, -0.2) is 4.39 Å². The first kappa shape index (κ1) is 18.6. The molecule has 2 aromatic carbocycles. The Morgan fingerprint density at radius 2 is 1.85 bits per heavy atom. The molecule has 0 unspecified atom stereocenters. The highest BCUT2D eigenvalue weighted by atomic mass is 35.5. The van der Waals surface area contributed by atoms with E-state index in [0.717, 1.165) is 11.3 Å². The molecular weight excluding hydrogens is 369 g/mol.